The summed E-state index contributed by atoms with van der Waals surface area (Å²) < 4.78 is 2.00. The van der Waals surface area contributed by atoms with Crippen LogP contribution in [0.15, 0.2) is 35.6 Å². The summed E-state index contributed by atoms with van der Waals surface area (Å²) in [4.78, 5) is 11.7. The molecule has 0 aliphatic carbocycles. The van der Waals surface area contributed by atoms with Crippen molar-refractivity contribution in [3.05, 3.63) is 47.0 Å². The predicted molar refractivity (Wildman–Crippen MR) is 121 cm³/mol. The largest absolute Gasteiger partial charge is 0.357 e. The van der Waals surface area contributed by atoms with Crippen molar-refractivity contribution in [3.8, 4) is 0 Å². The van der Waals surface area contributed by atoms with E-state index in [-0.39, 0.29) is 0 Å². The smallest absolute Gasteiger partial charge is 0.191 e. The minimum Gasteiger partial charge on any atom is -0.357 e. The lowest BCUT2D eigenvalue weighted by Crippen LogP contribution is -2.47. The van der Waals surface area contributed by atoms with Crippen LogP contribution in [0.3, 0.4) is 0 Å². The molecule has 0 spiro atoms. The van der Waals surface area contributed by atoms with Crippen LogP contribution in [0.1, 0.15) is 37.6 Å². The van der Waals surface area contributed by atoms with E-state index in [9.17, 15) is 0 Å². The van der Waals surface area contributed by atoms with Crippen LogP contribution >= 0.6 is 11.6 Å². The second kappa shape index (κ2) is 10.3. The lowest BCUT2D eigenvalue weighted by Gasteiger charge is -2.31. The Kier molecular flexibility index (Phi) is 7.23. The van der Waals surface area contributed by atoms with Gasteiger partial charge in [0.1, 0.15) is 12.2 Å². The third-order valence-electron chi connectivity index (χ3n) is 6.06. The van der Waals surface area contributed by atoms with Crippen molar-refractivity contribution in [1.82, 2.24) is 30.3 Å². The first-order chi connectivity index (χ1) is 14.7. The molecular weight excluding hydrogens is 398 g/mol. The third kappa shape index (κ3) is 5.52. The van der Waals surface area contributed by atoms with Crippen LogP contribution in [-0.2, 0) is 19.5 Å². The fourth-order valence-electron chi connectivity index (χ4n) is 4.28. The number of benzene rings is 1. The fraction of sp³-hybridized carbons (Fsp3) is 0.591. The molecule has 1 aromatic carbocycles. The van der Waals surface area contributed by atoms with Crippen molar-refractivity contribution >= 4 is 17.6 Å². The first-order valence-corrected chi connectivity index (χ1v) is 11.5. The second-order valence-corrected chi connectivity index (χ2v) is 8.68. The SMILES string of the molecule is CCNC(=NCC1CCN(Cc2ccccc2Cl)CC1)NC1CCc2ncnn2C1. The van der Waals surface area contributed by atoms with E-state index in [0.717, 1.165) is 68.9 Å². The Morgan fingerprint density at radius 3 is 2.87 bits per heavy atom. The van der Waals surface area contributed by atoms with Gasteiger partial charge in [0.15, 0.2) is 5.96 Å². The van der Waals surface area contributed by atoms with E-state index in [1.807, 2.05) is 16.8 Å². The van der Waals surface area contributed by atoms with Crippen LogP contribution in [0.25, 0.3) is 0 Å². The monoisotopic (exact) mass is 429 g/mol. The van der Waals surface area contributed by atoms with Gasteiger partial charge in [-0.3, -0.25) is 9.89 Å². The standard InChI is InChI=1S/C22H32ClN7/c1-2-24-22(28-19-7-8-21-26-16-27-30(21)15-19)25-13-17-9-11-29(12-10-17)14-18-5-3-4-6-20(18)23/h3-6,16-17,19H,2,7-15H2,1H3,(H2,24,25,28). The molecule has 0 bridgehead atoms. The molecule has 1 aromatic heterocycles. The molecule has 2 aliphatic rings. The highest BCUT2D eigenvalue weighted by atomic mass is 35.5. The van der Waals surface area contributed by atoms with Crippen molar-refractivity contribution < 1.29 is 0 Å². The van der Waals surface area contributed by atoms with Gasteiger partial charge in [-0.2, -0.15) is 5.10 Å². The van der Waals surface area contributed by atoms with Crippen LogP contribution in [0.4, 0.5) is 0 Å². The molecule has 0 saturated carbocycles. The van der Waals surface area contributed by atoms with E-state index < -0.39 is 0 Å². The van der Waals surface area contributed by atoms with Gasteiger partial charge in [0, 0.05) is 37.1 Å². The van der Waals surface area contributed by atoms with E-state index in [4.69, 9.17) is 16.6 Å². The maximum atomic E-state index is 6.32. The lowest BCUT2D eigenvalue weighted by molar-refractivity contribution is 0.180. The van der Waals surface area contributed by atoms with Gasteiger partial charge in [-0.25, -0.2) is 9.67 Å². The maximum Gasteiger partial charge on any atom is 0.191 e. The Balaban J connectivity index is 1.25. The van der Waals surface area contributed by atoms with Gasteiger partial charge in [0.05, 0.1) is 6.54 Å². The van der Waals surface area contributed by atoms with Crippen LogP contribution < -0.4 is 10.6 Å². The second-order valence-electron chi connectivity index (χ2n) is 8.27. The number of hydrogen-bond acceptors (Lipinski definition) is 4. The minimum absolute atomic E-state index is 0.342. The van der Waals surface area contributed by atoms with E-state index >= 15 is 0 Å². The molecule has 2 N–H and O–H groups in total. The Labute approximate surface area is 183 Å². The molecule has 8 heteroatoms. The zero-order valence-corrected chi connectivity index (χ0v) is 18.5. The molecule has 1 fully saturated rings. The number of likely N-dealkylation sites (tertiary alicyclic amines) is 1. The number of fused-ring (bicyclic) bond motifs is 1. The normalized spacial score (nSPS) is 20.7. The quantitative estimate of drug-likeness (QED) is 0.545. The molecule has 1 atom stereocenters. The number of rotatable bonds is 6. The van der Waals surface area contributed by atoms with E-state index in [1.54, 1.807) is 6.33 Å². The van der Waals surface area contributed by atoms with Crippen LogP contribution in [0.2, 0.25) is 5.02 Å². The van der Waals surface area contributed by atoms with Crippen molar-refractivity contribution in [1.29, 1.82) is 0 Å². The van der Waals surface area contributed by atoms with Gasteiger partial charge in [-0.15, -0.1) is 0 Å². The third-order valence-corrected chi connectivity index (χ3v) is 6.43. The van der Waals surface area contributed by atoms with Gasteiger partial charge >= 0.3 is 0 Å². The summed E-state index contributed by atoms with van der Waals surface area (Å²) in [6, 6.07) is 8.50. The number of guanidine groups is 1. The average molecular weight is 430 g/mol. The number of nitrogens with zero attached hydrogens (tertiary/aromatic N) is 5. The van der Waals surface area contributed by atoms with E-state index in [0.29, 0.717) is 12.0 Å². The van der Waals surface area contributed by atoms with Crippen LogP contribution in [-0.4, -0.2) is 57.8 Å². The molecule has 0 radical (unpaired) electrons. The average Bonchev–Trinajstić information content (AvgIpc) is 3.23. The lowest BCUT2D eigenvalue weighted by atomic mass is 9.96. The molecule has 7 nitrogen and oxygen atoms in total. The first kappa shape index (κ1) is 21.1. The highest BCUT2D eigenvalue weighted by Gasteiger charge is 2.22. The number of aromatic nitrogens is 3. The Hall–Kier alpha value is -2.12. The number of aliphatic imine (C=N–C) groups is 1. The zero-order chi connectivity index (χ0) is 20.8. The zero-order valence-electron chi connectivity index (χ0n) is 17.7. The number of piperidine rings is 1. The summed E-state index contributed by atoms with van der Waals surface area (Å²) in [6.45, 7) is 7.84. The van der Waals surface area contributed by atoms with E-state index in [2.05, 4.69) is 44.7 Å². The summed E-state index contributed by atoms with van der Waals surface area (Å²) in [5.41, 5.74) is 1.22. The van der Waals surface area contributed by atoms with E-state index in [1.165, 1.54) is 18.4 Å². The number of hydrogen-bond donors (Lipinski definition) is 2. The van der Waals surface area contributed by atoms with Crippen molar-refractivity contribution in [3.63, 3.8) is 0 Å². The Morgan fingerprint density at radius 1 is 1.23 bits per heavy atom. The van der Waals surface area contributed by atoms with Crippen molar-refractivity contribution in [2.24, 2.45) is 10.9 Å². The molecule has 1 saturated heterocycles. The van der Waals surface area contributed by atoms with Crippen molar-refractivity contribution in [2.45, 2.75) is 51.7 Å². The molecule has 162 valence electrons. The van der Waals surface area contributed by atoms with Gasteiger partial charge in [-0.05, 0) is 56.8 Å². The summed E-state index contributed by atoms with van der Waals surface area (Å²) in [5.74, 6) is 2.64. The minimum atomic E-state index is 0.342. The number of aryl methyl sites for hydroxylation is 1. The molecule has 4 rings (SSSR count). The first-order valence-electron chi connectivity index (χ1n) is 11.1. The summed E-state index contributed by atoms with van der Waals surface area (Å²) in [6.07, 6.45) is 6.03. The number of nitrogens with one attached hydrogen (secondary N) is 2. The highest BCUT2D eigenvalue weighted by molar-refractivity contribution is 6.31. The summed E-state index contributed by atoms with van der Waals surface area (Å²) in [5, 5.41) is 12.2. The van der Waals surface area contributed by atoms with Gasteiger partial charge in [0.2, 0.25) is 0 Å². The van der Waals surface area contributed by atoms with Crippen LogP contribution in [0.5, 0.6) is 0 Å². The molecule has 0 amide bonds. The predicted octanol–water partition coefficient (Wildman–Crippen LogP) is 2.71. The fourth-order valence-corrected chi connectivity index (χ4v) is 4.48. The number of halogens is 1. The molecule has 2 aromatic rings. The van der Waals surface area contributed by atoms with Crippen LogP contribution in [0, 0.1) is 5.92 Å². The Bertz CT molecular complexity index is 842. The molecular formula is C22H32ClN7. The summed E-state index contributed by atoms with van der Waals surface area (Å²) >= 11 is 6.32. The highest BCUT2D eigenvalue weighted by Crippen LogP contribution is 2.22. The molecule has 2 aliphatic heterocycles. The summed E-state index contributed by atoms with van der Waals surface area (Å²) in [7, 11) is 0. The van der Waals surface area contributed by atoms with Crippen molar-refractivity contribution in [2.75, 3.05) is 26.2 Å². The van der Waals surface area contributed by atoms with Gasteiger partial charge < -0.3 is 10.6 Å². The van der Waals surface area contributed by atoms with Gasteiger partial charge in [0.25, 0.3) is 0 Å². The van der Waals surface area contributed by atoms with Gasteiger partial charge in [-0.1, -0.05) is 29.8 Å². The topological polar surface area (TPSA) is 70.4 Å². The maximum absolute atomic E-state index is 6.32. The molecule has 3 heterocycles. The molecule has 1 unspecified atom stereocenters. The Morgan fingerprint density at radius 2 is 2.07 bits per heavy atom. The molecule has 30 heavy (non-hydrogen) atoms.